The molecule has 6 nitrogen and oxygen atoms in total. The van der Waals surface area contributed by atoms with Crippen LogP contribution >= 0.6 is 24.0 Å². The van der Waals surface area contributed by atoms with Gasteiger partial charge in [0.15, 0.2) is 5.96 Å². The topological polar surface area (TPSA) is 52.1 Å². The molecule has 2 N–H and O–H groups in total. The van der Waals surface area contributed by atoms with Gasteiger partial charge in [-0.3, -0.25) is 4.90 Å². The number of ether oxygens (including phenoxy) is 1. The first-order valence-electron chi connectivity index (χ1n) is 9.62. The van der Waals surface area contributed by atoms with Gasteiger partial charge in [-0.15, -0.1) is 24.0 Å². The predicted molar refractivity (Wildman–Crippen MR) is 120 cm³/mol. The molecule has 1 aliphatic rings. The van der Waals surface area contributed by atoms with Gasteiger partial charge in [0.2, 0.25) is 0 Å². The Morgan fingerprint density at radius 2 is 1.79 bits per heavy atom. The Morgan fingerprint density at radius 1 is 1.11 bits per heavy atom. The number of rotatable bonds is 9. The fourth-order valence-electron chi connectivity index (χ4n) is 3.01. The molecule has 160 valence electrons. The lowest BCUT2D eigenvalue weighted by atomic mass is 10.2. The first-order valence-corrected chi connectivity index (χ1v) is 9.62. The molecule has 1 fully saturated rings. The summed E-state index contributed by atoms with van der Waals surface area (Å²) in [5.41, 5.74) is 0.630. The SMILES string of the molecule is CCNC(=NCc1ccccc1OC(F)F)NCCN1CCN(CC)CC1.I. The number of para-hydroxylation sites is 1. The Balaban J connectivity index is 0.00000392. The molecule has 0 unspecified atom stereocenters. The second kappa shape index (κ2) is 13.9. The van der Waals surface area contributed by atoms with Crippen LogP contribution in [0.15, 0.2) is 29.3 Å². The standard InChI is InChI=1S/C19H31F2N5O.HI/c1-3-22-19(23-9-10-26-13-11-25(4-2)12-14-26)24-15-16-7-5-6-8-17(16)27-18(20)21;/h5-8,18H,3-4,9-15H2,1-2H3,(H2,22,23,24);1H. The number of benzene rings is 1. The molecule has 1 aliphatic heterocycles. The van der Waals surface area contributed by atoms with Gasteiger partial charge in [0, 0.05) is 51.4 Å². The number of hydrogen-bond acceptors (Lipinski definition) is 4. The summed E-state index contributed by atoms with van der Waals surface area (Å²) < 4.78 is 29.6. The van der Waals surface area contributed by atoms with Crippen molar-refractivity contribution < 1.29 is 13.5 Å². The van der Waals surface area contributed by atoms with Crippen molar-refractivity contribution in [3.63, 3.8) is 0 Å². The van der Waals surface area contributed by atoms with Gasteiger partial charge in [0.25, 0.3) is 0 Å². The highest BCUT2D eigenvalue weighted by atomic mass is 127. The minimum atomic E-state index is -2.84. The Labute approximate surface area is 183 Å². The Hall–Kier alpha value is -1.20. The van der Waals surface area contributed by atoms with Crippen molar-refractivity contribution in [3.05, 3.63) is 29.8 Å². The van der Waals surface area contributed by atoms with Crippen molar-refractivity contribution in [1.29, 1.82) is 0 Å². The van der Waals surface area contributed by atoms with E-state index in [1.807, 2.05) is 6.92 Å². The van der Waals surface area contributed by atoms with Crippen LogP contribution in [0.1, 0.15) is 19.4 Å². The molecule has 0 radical (unpaired) electrons. The van der Waals surface area contributed by atoms with Crippen molar-refractivity contribution >= 4 is 29.9 Å². The van der Waals surface area contributed by atoms with E-state index in [1.54, 1.807) is 18.2 Å². The zero-order valence-electron chi connectivity index (χ0n) is 16.7. The lowest BCUT2D eigenvalue weighted by molar-refractivity contribution is -0.0504. The van der Waals surface area contributed by atoms with Crippen LogP contribution in [0, 0.1) is 0 Å². The van der Waals surface area contributed by atoms with Crippen LogP contribution in [0.4, 0.5) is 8.78 Å². The van der Waals surface area contributed by atoms with Crippen LogP contribution in [0.5, 0.6) is 5.75 Å². The molecule has 0 spiro atoms. The zero-order chi connectivity index (χ0) is 19.5. The maximum atomic E-state index is 12.5. The third-order valence-electron chi connectivity index (χ3n) is 4.57. The van der Waals surface area contributed by atoms with Crippen molar-refractivity contribution in [2.24, 2.45) is 4.99 Å². The number of piperazine rings is 1. The first kappa shape index (κ1) is 24.8. The van der Waals surface area contributed by atoms with Crippen LogP contribution in [0.2, 0.25) is 0 Å². The van der Waals surface area contributed by atoms with Crippen LogP contribution in [-0.4, -0.2) is 74.7 Å². The molecule has 0 amide bonds. The minimum Gasteiger partial charge on any atom is -0.434 e. The smallest absolute Gasteiger partial charge is 0.387 e. The zero-order valence-corrected chi connectivity index (χ0v) is 19.0. The Kier molecular flexibility index (Phi) is 12.3. The average molecular weight is 511 g/mol. The summed E-state index contributed by atoms with van der Waals surface area (Å²) in [5, 5.41) is 6.51. The Bertz CT molecular complexity index is 583. The van der Waals surface area contributed by atoms with Crippen molar-refractivity contribution in [2.45, 2.75) is 27.0 Å². The number of likely N-dealkylation sites (N-methyl/N-ethyl adjacent to an activating group) is 1. The van der Waals surface area contributed by atoms with Crippen LogP contribution in [-0.2, 0) is 6.54 Å². The summed E-state index contributed by atoms with van der Waals surface area (Å²) in [4.78, 5) is 9.39. The number of guanidine groups is 1. The van der Waals surface area contributed by atoms with Gasteiger partial charge in [0.05, 0.1) is 6.54 Å². The number of alkyl halides is 2. The summed E-state index contributed by atoms with van der Waals surface area (Å²) in [5.74, 6) is 0.845. The molecule has 1 saturated heterocycles. The first-order chi connectivity index (χ1) is 13.1. The van der Waals surface area contributed by atoms with E-state index in [2.05, 4.69) is 37.1 Å². The number of aliphatic imine (C=N–C) groups is 1. The molecule has 0 aliphatic carbocycles. The monoisotopic (exact) mass is 511 g/mol. The number of hydrogen-bond donors (Lipinski definition) is 2. The van der Waals surface area contributed by atoms with E-state index in [-0.39, 0.29) is 36.3 Å². The molecule has 0 bridgehead atoms. The predicted octanol–water partition coefficient (Wildman–Crippen LogP) is 2.60. The maximum Gasteiger partial charge on any atom is 0.387 e. The number of nitrogens with one attached hydrogen (secondary N) is 2. The quantitative estimate of drug-likeness (QED) is 0.304. The molecule has 0 saturated carbocycles. The van der Waals surface area contributed by atoms with Gasteiger partial charge in [-0.2, -0.15) is 8.78 Å². The molecular formula is C19H32F2IN5O. The van der Waals surface area contributed by atoms with Gasteiger partial charge >= 0.3 is 6.61 Å². The van der Waals surface area contributed by atoms with Gasteiger partial charge in [-0.05, 0) is 19.5 Å². The van der Waals surface area contributed by atoms with Crippen molar-refractivity contribution in [1.82, 2.24) is 20.4 Å². The van der Waals surface area contributed by atoms with E-state index in [0.717, 1.165) is 52.4 Å². The Morgan fingerprint density at radius 3 is 2.43 bits per heavy atom. The fourth-order valence-corrected chi connectivity index (χ4v) is 3.01. The molecular weight excluding hydrogens is 479 g/mol. The highest BCUT2D eigenvalue weighted by Crippen LogP contribution is 2.20. The normalized spacial score (nSPS) is 16.0. The summed E-state index contributed by atoms with van der Waals surface area (Å²) in [6.45, 7) is 9.61. The van der Waals surface area contributed by atoms with Crippen LogP contribution < -0.4 is 15.4 Å². The highest BCUT2D eigenvalue weighted by molar-refractivity contribution is 14.0. The molecule has 1 heterocycles. The lowest BCUT2D eigenvalue weighted by Crippen LogP contribution is -2.49. The van der Waals surface area contributed by atoms with Crippen LogP contribution in [0.3, 0.4) is 0 Å². The summed E-state index contributed by atoms with van der Waals surface area (Å²) >= 11 is 0. The van der Waals surface area contributed by atoms with Crippen LogP contribution in [0.25, 0.3) is 0 Å². The van der Waals surface area contributed by atoms with E-state index in [4.69, 9.17) is 0 Å². The maximum absolute atomic E-state index is 12.5. The van der Waals surface area contributed by atoms with Crippen molar-refractivity contribution in [3.8, 4) is 5.75 Å². The van der Waals surface area contributed by atoms with E-state index in [1.165, 1.54) is 6.07 Å². The third kappa shape index (κ3) is 8.87. The highest BCUT2D eigenvalue weighted by Gasteiger charge is 2.15. The molecule has 0 atom stereocenters. The van der Waals surface area contributed by atoms with E-state index in [0.29, 0.717) is 11.5 Å². The van der Waals surface area contributed by atoms with Gasteiger partial charge in [0.1, 0.15) is 5.75 Å². The lowest BCUT2D eigenvalue weighted by Gasteiger charge is -2.34. The number of nitrogens with zero attached hydrogens (tertiary/aromatic N) is 3. The molecule has 28 heavy (non-hydrogen) atoms. The molecule has 1 aromatic rings. The van der Waals surface area contributed by atoms with Gasteiger partial charge in [-0.25, -0.2) is 4.99 Å². The van der Waals surface area contributed by atoms with E-state index >= 15 is 0 Å². The second-order valence-corrected chi connectivity index (χ2v) is 6.38. The average Bonchev–Trinajstić information content (AvgIpc) is 2.67. The van der Waals surface area contributed by atoms with Gasteiger partial charge < -0.3 is 20.3 Å². The second-order valence-electron chi connectivity index (χ2n) is 6.38. The van der Waals surface area contributed by atoms with Gasteiger partial charge in [-0.1, -0.05) is 25.1 Å². The largest absolute Gasteiger partial charge is 0.434 e. The molecule has 0 aromatic heterocycles. The van der Waals surface area contributed by atoms with E-state index in [9.17, 15) is 8.78 Å². The summed E-state index contributed by atoms with van der Waals surface area (Å²) in [7, 11) is 0. The number of halogens is 3. The third-order valence-corrected chi connectivity index (χ3v) is 4.57. The minimum absolute atomic E-state index is 0. The summed E-state index contributed by atoms with van der Waals surface area (Å²) in [6, 6.07) is 6.75. The summed E-state index contributed by atoms with van der Waals surface area (Å²) in [6.07, 6.45) is 0. The molecule has 2 rings (SSSR count). The molecule has 9 heteroatoms. The van der Waals surface area contributed by atoms with Crippen molar-refractivity contribution in [2.75, 3.05) is 52.4 Å². The fraction of sp³-hybridized carbons (Fsp3) is 0.632. The molecule has 1 aromatic carbocycles. The van der Waals surface area contributed by atoms with E-state index < -0.39 is 6.61 Å².